The molecule has 0 saturated heterocycles. The van der Waals surface area contributed by atoms with Crippen molar-refractivity contribution >= 4 is 0 Å². The lowest BCUT2D eigenvalue weighted by Gasteiger charge is -2.39. The van der Waals surface area contributed by atoms with Crippen LogP contribution in [0.2, 0.25) is 0 Å². The molecule has 1 fully saturated rings. The van der Waals surface area contributed by atoms with E-state index in [1.165, 1.54) is 19.3 Å². The van der Waals surface area contributed by atoms with E-state index in [0.29, 0.717) is 5.41 Å². The fourth-order valence-corrected chi connectivity index (χ4v) is 3.13. The minimum absolute atomic E-state index is 0.523. The first kappa shape index (κ1) is 14.0. The molecule has 1 N–H and O–H groups in total. The Bertz CT molecular complexity index is 191. The summed E-state index contributed by atoms with van der Waals surface area (Å²) in [6.45, 7) is 12.1. The molecule has 0 amide bonds. The molecule has 0 spiro atoms. The summed E-state index contributed by atoms with van der Waals surface area (Å²) < 4.78 is 5.34. The highest BCUT2D eigenvalue weighted by molar-refractivity contribution is 4.86. The first-order valence-electron chi connectivity index (χ1n) is 6.84. The highest BCUT2D eigenvalue weighted by atomic mass is 16.5. The molecule has 2 nitrogen and oxygen atoms in total. The largest absolute Gasteiger partial charge is 0.382 e. The van der Waals surface area contributed by atoms with Crippen LogP contribution in [-0.4, -0.2) is 25.8 Å². The lowest BCUT2D eigenvalue weighted by molar-refractivity contribution is 0.133. The fraction of sp³-hybridized carbons (Fsp3) is 1.00. The Kier molecular flexibility index (Phi) is 5.77. The van der Waals surface area contributed by atoms with Crippen molar-refractivity contribution in [2.75, 3.05) is 19.8 Å². The monoisotopic (exact) mass is 227 g/mol. The zero-order valence-corrected chi connectivity index (χ0v) is 11.5. The van der Waals surface area contributed by atoms with Gasteiger partial charge in [0.15, 0.2) is 0 Å². The van der Waals surface area contributed by atoms with Gasteiger partial charge in [0, 0.05) is 19.3 Å². The number of hydrogen-bond acceptors (Lipinski definition) is 2. The van der Waals surface area contributed by atoms with E-state index in [4.69, 9.17) is 4.74 Å². The van der Waals surface area contributed by atoms with Crippen LogP contribution in [0.4, 0.5) is 0 Å². The van der Waals surface area contributed by atoms with E-state index < -0.39 is 0 Å². The van der Waals surface area contributed by atoms with Gasteiger partial charge in [0.25, 0.3) is 0 Å². The lowest BCUT2D eigenvalue weighted by atomic mass is 9.70. The highest BCUT2D eigenvalue weighted by Crippen LogP contribution is 2.38. The van der Waals surface area contributed by atoms with Gasteiger partial charge in [0.1, 0.15) is 0 Å². The SMILES string of the molecule is CCOCCCN[C@H]1C[C@H](C)CC(C)(C)C1. The molecular weight excluding hydrogens is 198 g/mol. The maximum atomic E-state index is 5.34. The van der Waals surface area contributed by atoms with Gasteiger partial charge in [0.2, 0.25) is 0 Å². The van der Waals surface area contributed by atoms with Crippen molar-refractivity contribution in [3.8, 4) is 0 Å². The molecule has 1 saturated carbocycles. The van der Waals surface area contributed by atoms with Gasteiger partial charge in [-0.15, -0.1) is 0 Å². The Morgan fingerprint density at radius 2 is 2.06 bits per heavy atom. The summed E-state index contributed by atoms with van der Waals surface area (Å²) >= 11 is 0. The summed E-state index contributed by atoms with van der Waals surface area (Å²) in [7, 11) is 0. The van der Waals surface area contributed by atoms with E-state index in [-0.39, 0.29) is 0 Å². The highest BCUT2D eigenvalue weighted by Gasteiger charge is 2.31. The van der Waals surface area contributed by atoms with E-state index in [1.54, 1.807) is 0 Å². The molecule has 1 rings (SSSR count). The quantitative estimate of drug-likeness (QED) is 0.704. The molecule has 1 aliphatic rings. The third-order valence-electron chi connectivity index (χ3n) is 3.49. The number of rotatable bonds is 6. The molecule has 0 bridgehead atoms. The molecule has 2 heteroatoms. The van der Waals surface area contributed by atoms with E-state index in [0.717, 1.165) is 38.1 Å². The Morgan fingerprint density at radius 3 is 2.69 bits per heavy atom. The Labute approximate surface area is 101 Å². The zero-order valence-electron chi connectivity index (χ0n) is 11.5. The standard InChI is InChI=1S/C14H29NO/c1-5-16-8-6-7-15-13-9-12(2)10-14(3,4)11-13/h12-13,15H,5-11H2,1-4H3/t12-,13-/m0/s1. The smallest absolute Gasteiger partial charge is 0.0477 e. The third kappa shape index (κ3) is 5.31. The molecule has 0 radical (unpaired) electrons. The van der Waals surface area contributed by atoms with Crippen LogP contribution >= 0.6 is 0 Å². The lowest BCUT2D eigenvalue weighted by Crippen LogP contribution is -2.40. The minimum atomic E-state index is 0.523. The molecule has 0 heterocycles. The molecular formula is C14H29NO. The second kappa shape index (κ2) is 6.61. The predicted octanol–water partition coefficient (Wildman–Crippen LogP) is 3.22. The van der Waals surface area contributed by atoms with Crippen molar-refractivity contribution in [1.82, 2.24) is 5.32 Å². The van der Waals surface area contributed by atoms with Crippen LogP contribution in [0.3, 0.4) is 0 Å². The fourth-order valence-electron chi connectivity index (χ4n) is 3.13. The first-order valence-corrected chi connectivity index (χ1v) is 6.84. The molecule has 1 aliphatic carbocycles. The van der Waals surface area contributed by atoms with Crippen molar-refractivity contribution < 1.29 is 4.74 Å². The number of ether oxygens (including phenoxy) is 1. The molecule has 96 valence electrons. The van der Waals surface area contributed by atoms with Gasteiger partial charge in [-0.2, -0.15) is 0 Å². The van der Waals surface area contributed by atoms with Crippen LogP contribution < -0.4 is 5.32 Å². The summed E-state index contributed by atoms with van der Waals surface area (Å²) in [6.07, 6.45) is 5.19. The average Bonchev–Trinajstić information content (AvgIpc) is 2.14. The van der Waals surface area contributed by atoms with Gasteiger partial charge < -0.3 is 10.1 Å². The van der Waals surface area contributed by atoms with Crippen LogP contribution in [0, 0.1) is 11.3 Å². The van der Waals surface area contributed by atoms with Gasteiger partial charge in [-0.25, -0.2) is 0 Å². The minimum Gasteiger partial charge on any atom is -0.382 e. The maximum absolute atomic E-state index is 5.34. The number of hydrogen-bond donors (Lipinski definition) is 1. The second-order valence-electron chi connectivity index (χ2n) is 6.11. The van der Waals surface area contributed by atoms with Crippen LogP contribution in [0.1, 0.15) is 53.4 Å². The van der Waals surface area contributed by atoms with Crippen molar-refractivity contribution in [2.24, 2.45) is 11.3 Å². The molecule has 0 unspecified atom stereocenters. The van der Waals surface area contributed by atoms with Crippen molar-refractivity contribution in [2.45, 2.75) is 59.4 Å². The summed E-state index contributed by atoms with van der Waals surface area (Å²) in [6, 6.07) is 0.723. The third-order valence-corrected chi connectivity index (χ3v) is 3.49. The van der Waals surface area contributed by atoms with E-state index >= 15 is 0 Å². The molecule has 0 aromatic heterocycles. The normalized spacial score (nSPS) is 29.2. The van der Waals surface area contributed by atoms with Gasteiger partial charge in [-0.05, 0) is 50.5 Å². The van der Waals surface area contributed by atoms with E-state index in [1.807, 2.05) is 0 Å². The van der Waals surface area contributed by atoms with Crippen LogP contribution in [0.25, 0.3) is 0 Å². The van der Waals surface area contributed by atoms with Crippen molar-refractivity contribution in [3.05, 3.63) is 0 Å². The first-order chi connectivity index (χ1) is 7.53. The summed E-state index contributed by atoms with van der Waals surface area (Å²) in [4.78, 5) is 0. The van der Waals surface area contributed by atoms with Gasteiger partial charge in [-0.3, -0.25) is 0 Å². The molecule has 16 heavy (non-hydrogen) atoms. The molecule has 0 aliphatic heterocycles. The zero-order chi connectivity index (χ0) is 12.0. The summed E-state index contributed by atoms with van der Waals surface area (Å²) in [5.74, 6) is 0.869. The molecule has 0 aromatic rings. The summed E-state index contributed by atoms with van der Waals surface area (Å²) in [5, 5.41) is 3.69. The van der Waals surface area contributed by atoms with E-state index in [9.17, 15) is 0 Å². The Morgan fingerprint density at radius 1 is 1.31 bits per heavy atom. The topological polar surface area (TPSA) is 21.3 Å². The van der Waals surface area contributed by atoms with Crippen LogP contribution in [0.5, 0.6) is 0 Å². The van der Waals surface area contributed by atoms with Crippen LogP contribution in [-0.2, 0) is 4.74 Å². The van der Waals surface area contributed by atoms with Crippen molar-refractivity contribution in [1.29, 1.82) is 0 Å². The molecule has 0 aromatic carbocycles. The van der Waals surface area contributed by atoms with Crippen LogP contribution in [0.15, 0.2) is 0 Å². The maximum Gasteiger partial charge on any atom is 0.0477 e. The Balaban J connectivity index is 2.16. The van der Waals surface area contributed by atoms with Gasteiger partial charge >= 0.3 is 0 Å². The average molecular weight is 227 g/mol. The van der Waals surface area contributed by atoms with E-state index in [2.05, 4.69) is 33.0 Å². The molecule has 2 atom stereocenters. The van der Waals surface area contributed by atoms with Crippen molar-refractivity contribution in [3.63, 3.8) is 0 Å². The second-order valence-corrected chi connectivity index (χ2v) is 6.11. The van der Waals surface area contributed by atoms with Gasteiger partial charge in [0.05, 0.1) is 0 Å². The Hall–Kier alpha value is -0.0800. The van der Waals surface area contributed by atoms with Gasteiger partial charge in [-0.1, -0.05) is 20.8 Å². The summed E-state index contributed by atoms with van der Waals surface area (Å²) in [5.41, 5.74) is 0.523. The predicted molar refractivity (Wildman–Crippen MR) is 69.7 cm³/mol. The number of nitrogens with one attached hydrogen (secondary N) is 1.